The Morgan fingerprint density at radius 1 is 1.43 bits per heavy atom. The summed E-state index contributed by atoms with van der Waals surface area (Å²) in [6.07, 6.45) is 0. The third-order valence-electron chi connectivity index (χ3n) is 1.98. The third kappa shape index (κ3) is 2.74. The normalized spacial score (nSPS) is 10.4. The molecule has 0 N–H and O–H groups in total. The second-order valence-corrected chi connectivity index (χ2v) is 3.84. The molecule has 1 aromatic rings. The fourth-order valence-electron chi connectivity index (χ4n) is 1.30. The van der Waals surface area contributed by atoms with Gasteiger partial charge in [-0.1, -0.05) is 31.5 Å². The topological polar surface area (TPSA) is 26.3 Å². The number of ether oxygens (including phenoxy) is 1. The molecule has 14 heavy (non-hydrogen) atoms. The zero-order valence-corrected chi connectivity index (χ0v) is 9.26. The molecule has 0 fully saturated rings. The van der Waals surface area contributed by atoms with Crippen LogP contribution in [0.3, 0.4) is 0 Å². The maximum absolute atomic E-state index is 10.6. The van der Waals surface area contributed by atoms with Crippen molar-refractivity contribution in [2.45, 2.75) is 26.7 Å². The smallest absolute Gasteiger partial charge is 0.409 e. The van der Waals surface area contributed by atoms with Gasteiger partial charge in [-0.3, -0.25) is 0 Å². The van der Waals surface area contributed by atoms with Crippen LogP contribution in [0.1, 0.15) is 30.9 Å². The first-order valence-corrected chi connectivity index (χ1v) is 4.86. The molecular weight excluding hydrogens is 200 g/mol. The van der Waals surface area contributed by atoms with Crippen LogP contribution >= 0.6 is 11.6 Å². The maximum Gasteiger partial charge on any atom is 0.409 e. The van der Waals surface area contributed by atoms with Crippen molar-refractivity contribution in [1.82, 2.24) is 0 Å². The molecule has 0 aromatic heterocycles. The van der Waals surface area contributed by atoms with Gasteiger partial charge in [-0.25, -0.2) is 4.79 Å². The zero-order chi connectivity index (χ0) is 10.7. The summed E-state index contributed by atoms with van der Waals surface area (Å²) in [5.74, 6) is 0.853. The van der Waals surface area contributed by atoms with E-state index in [9.17, 15) is 4.79 Å². The summed E-state index contributed by atoms with van der Waals surface area (Å²) in [6.45, 7) is 6.08. The first-order chi connectivity index (χ1) is 6.50. The van der Waals surface area contributed by atoms with Gasteiger partial charge in [0.15, 0.2) is 0 Å². The Kier molecular flexibility index (Phi) is 3.53. The summed E-state index contributed by atoms with van der Waals surface area (Å²) in [4.78, 5) is 10.6. The average Bonchev–Trinajstić information content (AvgIpc) is 2.07. The Balaban J connectivity index is 3.08. The van der Waals surface area contributed by atoms with Gasteiger partial charge in [-0.2, -0.15) is 0 Å². The van der Waals surface area contributed by atoms with Gasteiger partial charge >= 0.3 is 5.43 Å². The van der Waals surface area contributed by atoms with Gasteiger partial charge < -0.3 is 4.74 Å². The monoisotopic (exact) mass is 212 g/mol. The molecule has 0 unspecified atom stereocenters. The van der Waals surface area contributed by atoms with Crippen molar-refractivity contribution < 1.29 is 9.53 Å². The van der Waals surface area contributed by atoms with Gasteiger partial charge in [0.2, 0.25) is 0 Å². The minimum absolute atomic E-state index is 0.306. The number of benzene rings is 1. The Bertz CT molecular complexity index is 345. The van der Waals surface area contributed by atoms with Gasteiger partial charge in [0, 0.05) is 11.6 Å². The SMILES string of the molecule is Cc1ccc(OC(=O)Cl)c(C(C)C)c1. The molecule has 0 spiro atoms. The lowest BCUT2D eigenvalue weighted by Gasteiger charge is -2.11. The van der Waals surface area contributed by atoms with Crippen LogP contribution in [0.4, 0.5) is 4.79 Å². The molecule has 0 heterocycles. The van der Waals surface area contributed by atoms with E-state index in [1.807, 2.05) is 32.9 Å². The average molecular weight is 213 g/mol. The molecule has 2 nitrogen and oxygen atoms in total. The van der Waals surface area contributed by atoms with Gasteiger partial charge in [-0.15, -0.1) is 0 Å². The van der Waals surface area contributed by atoms with E-state index >= 15 is 0 Å². The van der Waals surface area contributed by atoms with E-state index in [0.29, 0.717) is 11.7 Å². The summed E-state index contributed by atoms with van der Waals surface area (Å²) < 4.78 is 4.89. The van der Waals surface area contributed by atoms with Crippen LogP contribution in [0.25, 0.3) is 0 Å². The standard InChI is InChI=1S/C11H13ClO2/c1-7(2)9-6-8(3)4-5-10(9)14-11(12)13/h4-7H,1-3H3. The highest BCUT2D eigenvalue weighted by molar-refractivity contribution is 6.61. The van der Waals surface area contributed by atoms with E-state index in [1.165, 1.54) is 0 Å². The van der Waals surface area contributed by atoms with Gasteiger partial charge in [0.25, 0.3) is 0 Å². The molecule has 0 atom stereocenters. The Morgan fingerprint density at radius 2 is 2.07 bits per heavy atom. The van der Waals surface area contributed by atoms with Gasteiger partial charge in [0.05, 0.1) is 0 Å². The molecule has 1 aromatic carbocycles. The minimum Gasteiger partial charge on any atom is -0.414 e. The Hall–Kier alpha value is -1.02. The molecule has 1 rings (SSSR count). The third-order valence-corrected chi connectivity index (χ3v) is 2.05. The molecule has 0 aliphatic rings. The summed E-state index contributed by atoms with van der Waals surface area (Å²) in [5.41, 5.74) is 1.35. The highest BCUT2D eigenvalue weighted by Gasteiger charge is 2.10. The van der Waals surface area contributed by atoms with E-state index in [1.54, 1.807) is 6.07 Å². The quantitative estimate of drug-likeness (QED) is 0.696. The summed E-state index contributed by atoms with van der Waals surface area (Å²) >= 11 is 5.17. The lowest BCUT2D eigenvalue weighted by Crippen LogP contribution is -2.01. The molecule has 0 aliphatic heterocycles. The van der Waals surface area contributed by atoms with Crippen LogP contribution in [0.5, 0.6) is 5.75 Å². The largest absolute Gasteiger partial charge is 0.414 e. The molecule has 0 bridgehead atoms. The van der Waals surface area contributed by atoms with Crippen molar-refractivity contribution in [3.63, 3.8) is 0 Å². The number of hydrogen-bond donors (Lipinski definition) is 0. The lowest BCUT2D eigenvalue weighted by atomic mass is 10.0. The van der Waals surface area contributed by atoms with E-state index in [0.717, 1.165) is 11.1 Å². The predicted octanol–water partition coefficient (Wildman–Crippen LogP) is 3.86. The first-order valence-electron chi connectivity index (χ1n) is 4.48. The molecule has 0 amide bonds. The van der Waals surface area contributed by atoms with Crippen molar-refractivity contribution >= 4 is 17.0 Å². The number of halogens is 1. The van der Waals surface area contributed by atoms with E-state index in [2.05, 4.69) is 0 Å². The van der Waals surface area contributed by atoms with Crippen LogP contribution in [0.2, 0.25) is 0 Å². The van der Waals surface area contributed by atoms with Gasteiger partial charge in [-0.05, 0) is 24.5 Å². The van der Waals surface area contributed by atoms with Crippen molar-refractivity contribution in [3.8, 4) is 5.75 Å². The number of carbonyl (C=O) groups is 1. The van der Waals surface area contributed by atoms with Crippen LogP contribution in [-0.4, -0.2) is 5.43 Å². The summed E-state index contributed by atoms with van der Waals surface area (Å²) in [6, 6.07) is 5.66. The number of carbonyl (C=O) groups excluding carboxylic acids is 1. The van der Waals surface area contributed by atoms with E-state index in [-0.39, 0.29) is 0 Å². The van der Waals surface area contributed by atoms with Gasteiger partial charge in [0.1, 0.15) is 5.75 Å². The fourth-order valence-corrected chi connectivity index (χ4v) is 1.38. The Labute approximate surface area is 88.8 Å². The molecule has 76 valence electrons. The number of hydrogen-bond acceptors (Lipinski definition) is 2. The van der Waals surface area contributed by atoms with E-state index < -0.39 is 5.43 Å². The number of rotatable bonds is 2. The van der Waals surface area contributed by atoms with Crippen molar-refractivity contribution in [2.75, 3.05) is 0 Å². The fraction of sp³-hybridized carbons (Fsp3) is 0.364. The highest BCUT2D eigenvalue weighted by atomic mass is 35.5. The Morgan fingerprint density at radius 3 is 2.57 bits per heavy atom. The second kappa shape index (κ2) is 4.47. The first kappa shape index (κ1) is 11.1. The second-order valence-electron chi connectivity index (χ2n) is 3.54. The summed E-state index contributed by atoms with van der Waals surface area (Å²) in [7, 11) is 0. The van der Waals surface area contributed by atoms with Crippen molar-refractivity contribution in [1.29, 1.82) is 0 Å². The minimum atomic E-state index is -0.796. The van der Waals surface area contributed by atoms with Crippen LogP contribution in [0.15, 0.2) is 18.2 Å². The highest BCUT2D eigenvalue weighted by Crippen LogP contribution is 2.27. The molecule has 0 radical (unpaired) electrons. The molecule has 3 heteroatoms. The molecular formula is C11H13ClO2. The van der Waals surface area contributed by atoms with E-state index in [4.69, 9.17) is 16.3 Å². The molecule has 0 aliphatic carbocycles. The van der Waals surface area contributed by atoms with Crippen molar-refractivity contribution in [2.24, 2.45) is 0 Å². The summed E-state index contributed by atoms with van der Waals surface area (Å²) in [5, 5.41) is 0. The van der Waals surface area contributed by atoms with Crippen LogP contribution in [0, 0.1) is 6.92 Å². The molecule has 0 saturated carbocycles. The van der Waals surface area contributed by atoms with Crippen molar-refractivity contribution in [3.05, 3.63) is 29.3 Å². The lowest BCUT2D eigenvalue weighted by molar-refractivity contribution is 0.225. The zero-order valence-electron chi connectivity index (χ0n) is 8.50. The number of aryl methyl sites for hydroxylation is 1. The maximum atomic E-state index is 10.6. The van der Waals surface area contributed by atoms with Crippen LogP contribution < -0.4 is 4.74 Å². The molecule has 0 saturated heterocycles. The predicted molar refractivity (Wildman–Crippen MR) is 57.1 cm³/mol. The van der Waals surface area contributed by atoms with Crippen LogP contribution in [-0.2, 0) is 0 Å².